The number of rotatable bonds is 6. The zero-order valence-corrected chi connectivity index (χ0v) is 19.2. The summed E-state index contributed by atoms with van der Waals surface area (Å²) in [7, 11) is 0. The van der Waals surface area contributed by atoms with Crippen LogP contribution in [0, 0.1) is 5.92 Å². The van der Waals surface area contributed by atoms with E-state index in [1.165, 1.54) is 6.42 Å². The number of carbonyl (C=O) groups excluding carboxylic acids is 1. The van der Waals surface area contributed by atoms with E-state index in [0.717, 1.165) is 75.0 Å². The van der Waals surface area contributed by atoms with Crippen LogP contribution in [0.15, 0.2) is 54.0 Å². The number of benzene rings is 1. The topological polar surface area (TPSA) is 50.6 Å². The van der Waals surface area contributed by atoms with Crippen molar-refractivity contribution >= 4 is 17.2 Å². The molecule has 0 radical (unpaired) electrons. The third-order valence-corrected chi connectivity index (χ3v) is 7.46. The summed E-state index contributed by atoms with van der Waals surface area (Å²) in [6.45, 7) is 6.61. The summed E-state index contributed by atoms with van der Waals surface area (Å²) < 4.78 is 7.28. The van der Waals surface area contributed by atoms with Crippen molar-refractivity contribution < 1.29 is 9.53 Å². The Kier molecular flexibility index (Phi) is 6.67. The predicted molar refractivity (Wildman–Crippen MR) is 127 cm³/mol. The quantitative estimate of drug-likeness (QED) is 0.566. The maximum atomic E-state index is 13.5. The molecule has 3 aromatic rings. The van der Waals surface area contributed by atoms with E-state index >= 15 is 0 Å². The van der Waals surface area contributed by atoms with Gasteiger partial charge in [0.25, 0.3) is 5.91 Å². The smallest absolute Gasteiger partial charge is 0.257 e. The molecule has 0 atom stereocenters. The lowest BCUT2D eigenvalue weighted by Crippen LogP contribution is -2.40. The predicted octanol–water partition coefficient (Wildman–Crippen LogP) is 4.18. The van der Waals surface area contributed by atoms with Gasteiger partial charge in [-0.25, -0.2) is 4.68 Å². The Bertz CT molecular complexity index is 1000. The molecule has 0 N–H and O–H groups in total. The molecule has 5 rings (SSSR count). The van der Waals surface area contributed by atoms with E-state index in [-0.39, 0.29) is 5.91 Å². The molecular formula is C25H30N4O2S. The molecule has 4 heterocycles. The molecule has 0 saturated carbocycles. The summed E-state index contributed by atoms with van der Waals surface area (Å²) >= 11 is 1.62. The zero-order chi connectivity index (χ0) is 21.8. The molecule has 2 saturated heterocycles. The van der Waals surface area contributed by atoms with E-state index in [2.05, 4.69) is 4.90 Å². The van der Waals surface area contributed by atoms with Gasteiger partial charge in [0.05, 0.1) is 29.3 Å². The first-order valence-corrected chi connectivity index (χ1v) is 12.4. The number of aromatic nitrogens is 2. The first-order valence-electron chi connectivity index (χ1n) is 11.6. The molecule has 0 unspecified atom stereocenters. The second-order valence-corrected chi connectivity index (χ2v) is 9.57. The molecular weight excluding hydrogens is 420 g/mol. The van der Waals surface area contributed by atoms with Gasteiger partial charge in [-0.2, -0.15) is 5.10 Å². The molecule has 32 heavy (non-hydrogen) atoms. The van der Waals surface area contributed by atoms with Crippen LogP contribution in [0.4, 0.5) is 0 Å². The minimum atomic E-state index is 0.0993. The molecule has 2 aliphatic rings. The van der Waals surface area contributed by atoms with Crippen LogP contribution in [-0.2, 0) is 4.74 Å². The van der Waals surface area contributed by atoms with Gasteiger partial charge in [-0.1, -0.05) is 24.3 Å². The number of morpholine rings is 1. The zero-order valence-electron chi connectivity index (χ0n) is 18.4. The molecule has 2 aromatic heterocycles. The van der Waals surface area contributed by atoms with Gasteiger partial charge in [-0.15, -0.1) is 11.3 Å². The van der Waals surface area contributed by atoms with Gasteiger partial charge in [0.1, 0.15) is 5.69 Å². The van der Waals surface area contributed by atoms with Crippen molar-refractivity contribution in [2.75, 3.05) is 45.9 Å². The first-order chi connectivity index (χ1) is 15.8. The summed E-state index contributed by atoms with van der Waals surface area (Å²) in [5, 5.41) is 6.83. The Morgan fingerprint density at radius 2 is 1.81 bits per heavy atom. The molecule has 6 nitrogen and oxygen atoms in total. The standard InChI is InChI=1S/C25H30N4O2S/c30-25(28-12-9-20(10-13-28)8-11-27-14-16-31-17-15-27)22-19-29(21-5-2-1-3-6-21)26-24(22)23-7-4-18-32-23/h1-7,18-20H,8-17H2. The Hall–Kier alpha value is -2.48. The number of likely N-dealkylation sites (tertiary alicyclic amines) is 1. The lowest BCUT2D eigenvalue weighted by Gasteiger charge is -2.34. The molecule has 7 heteroatoms. The van der Waals surface area contributed by atoms with Crippen molar-refractivity contribution in [1.82, 2.24) is 19.6 Å². The van der Waals surface area contributed by atoms with E-state index in [1.54, 1.807) is 11.3 Å². The Morgan fingerprint density at radius 3 is 2.53 bits per heavy atom. The van der Waals surface area contributed by atoms with Crippen LogP contribution in [0.2, 0.25) is 0 Å². The summed E-state index contributed by atoms with van der Waals surface area (Å²) in [5.41, 5.74) is 2.44. The van der Waals surface area contributed by atoms with Gasteiger partial charge in [-0.05, 0) is 55.3 Å². The van der Waals surface area contributed by atoms with Gasteiger partial charge >= 0.3 is 0 Å². The average molecular weight is 451 g/mol. The monoisotopic (exact) mass is 450 g/mol. The Labute approximate surface area is 193 Å². The normalized spacial score (nSPS) is 18.2. The molecule has 2 aliphatic heterocycles. The van der Waals surface area contributed by atoms with Gasteiger partial charge in [0.2, 0.25) is 0 Å². The highest BCUT2D eigenvalue weighted by Crippen LogP contribution is 2.30. The molecule has 1 amide bonds. The minimum absolute atomic E-state index is 0.0993. The molecule has 0 bridgehead atoms. The van der Waals surface area contributed by atoms with Gasteiger partial charge in [0, 0.05) is 32.4 Å². The van der Waals surface area contributed by atoms with Crippen molar-refractivity contribution in [2.24, 2.45) is 5.92 Å². The van der Waals surface area contributed by atoms with Crippen LogP contribution in [0.3, 0.4) is 0 Å². The average Bonchev–Trinajstić information content (AvgIpc) is 3.54. The molecule has 2 fully saturated rings. The largest absolute Gasteiger partial charge is 0.379 e. The SMILES string of the molecule is O=C(c1cn(-c2ccccc2)nc1-c1cccs1)N1CCC(CCN2CCOCC2)CC1. The molecule has 0 spiro atoms. The van der Waals surface area contributed by atoms with Crippen molar-refractivity contribution in [3.63, 3.8) is 0 Å². The van der Waals surface area contributed by atoms with E-state index in [1.807, 2.05) is 63.6 Å². The van der Waals surface area contributed by atoms with Crippen molar-refractivity contribution in [1.29, 1.82) is 0 Å². The number of piperidine rings is 1. The number of hydrogen-bond acceptors (Lipinski definition) is 5. The number of amides is 1. The van der Waals surface area contributed by atoms with Crippen molar-refractivity contribution in [3.05, 3.63) is 59.6 Å². The number of hydrogen-bond donors (Lipinski definition) is 0. The lowest BCUT2D eigenvalue weighted by molar-refractivity contribution is 0.0332. The summed E-state index contributed by atoms with van der Waals surface area (Å²) in [6, 6.07) is 14.0. The summed E-state index contributed by atoms with van der Waals surface area (Å²) in [5.74, 6) is 0.799. The van der Waals surface area contributed by atoms with Crippen LogP contribution in [0.1, 0.15) is 29.6 Å². The number of para-hydroxylation sites is 1. The summed E-state index contributed by atoms with van der Waals surface area (Å²) in [4.78, 5) is 19.1. The van der Waals surface area contributed by atoms with Crippen LogP contribution < -0.4 is 0 Å². The van der Waals surface area contributed by atoms with Crippen LogP contribution in [0.25, 0.3) is 16.3 Å². The highest BCUT2D eigenvalue weighted by Gasteiger charge is 2.28. The van der Waals surface area contributed by atoms with E-state index < -0.39 is 0 Å². The third-order valence-electron chi connectivity index (χ3n) is 6.58. The minimum Gasteiger partial charge on any atom is -0.379 e. The third kappa shape index (κ3) is 4.80. The Balaban J connectivity index is 1.26. The van der Waals surface area contributed by atoms with Crippen LogP contribution in [-0.4, -0.2) is 71.4 Å². The van der Waals surface area contributed by atoms with Crippen molar-refractivity contribution in [3.8, 4) is 16.3 Å². The maximum absolute atomic E-state index is 13.5. The van der Waals surface area contributed by atoms with Gasteiger partial charge < -0.3 is 9.64 Å². The van der Waals surface area contributed by atoms with Crippen molar-refractivity contribution in [2.45, 2.75) is 19.3 Å². The number of ether oxygens (including phenoxy) is 1. The second-order valence-electron chi connectivity index (χ2n) is 8.63. The second kappa shape index (κ2) is 9.98. The maximum Gasteiger partial charge on any atom is 0.257 e. The van der Waals surface area contributed by atoms with Crippen LogP contribution >= 0.6 is 11.3 Å². The number of carbonyl (C=O) groups is 1. The molecule has 1 aromatic carbocycles. The highest BCUT2D eigenvalue weighted by molar-refractivity contribution is 7.13. The number of nitrogens with zero attached hydrogens (tertiary/aromatic N) is 4. The Morgan fingerprint density at radius 1 is 1.03 bits per heavy atom. The fraction of sp³-hybridized carbons (Fsp3) is 0.440. The fourth-order valence-corrected chi connectivity index (χ4v) is 5.35. The lowest BCUT2D eigenvalue weighted by atomic mass is 9.93. The van der Waals surface area contributed by atoms with E-state index in [4.69, 9.17) is 9.84 Å². The first kappa shape index (κ1) is 21.4. The van der Waals surface area contributed by atoms with E-state index in [0.29, 0.717) is 11.5 Å². The summed E-state index contributed by atoms with van der Waals surface area (Å²) in [6.07, 6.45) is 5.28. The molecule has 168 valence electrons. The molecule has 0 aliphatic carbocycles. The van der Waals surface area contributed by atoms with Crippen LogP contribution in [0.5, 0.6) is 0 Å². The number of thiophene rings is 1. The van der Waals surface area contributed by atoms with E-state index in [9.17, 15) is 4.79 Å². The van der Waals surface area contributed by atoms with Gasteiger partial charge in [-0.3, -0.25) is 9.69 Å². The highest BCUT2D eigenvalue weighted by atomic mass is 32.1. The fourth-order valence-electron chi connectivity index (χ4n) is 4.62. The van der Waals surface area contributed by atoms with Gasteiger partial charge in [0.15, 0.2) is 0 Å².